The lowest BCUT2D eigenvalue weighted by atomic mass is 10.1. The Balaban J connectivity index is 3.07. The van der Waals surface area contributed by atoms with E-state index in [2.05, 4.69) is 11.1 Å². The molecule has 0 aliphatic heterocycles. The van der Waals surface area contributed by atoms with Gasteiger partial charge >= 0.3 is 0 Å². The van der Waals surface area contributed by atoms with Gasteiger partial charge in [0.1, 0.15) is 5.75 Å². The zero-order valence-electron chi connectivity index (χ0n) is 7.16. The van der Waals surface area contributed by atoms with Crippen LogP contribution in [0, 0.1) is 18.3 Å². The van der Waals surface area contributed by atoms with E-state index in [1.807, 2.05) is 6.92 Å². The molecule has 12 heavy (non-hydrogen) atoms. The number of hydrogen-bond acceptors (Lipinski definition) is 3. The molecule has 3 nitrogen and oxygen atoms in total. The fourth-order valence-corrected chi connectivity index (χ4v) is 1.02. The first kappa shape index (κ1) is 8.54. The van der Waals surface area contributed by atoms with Crippen molar-refractivity contribution in [2.45, 2.75) is 13.3 Å². The van der Waals surface area contributed by atoms with Gasteiger partial charge in [-0.05, 0) is 18.1 Å². The largest absolute Gasteiger partial charge is 0.495 e. The van der Waals surface area contributed by atoms with Gasteiger partial charge < -0.3 is 4.74 Å². The zero-order chi connectivity index (χ0) is 8.97. The average Bonchev–Trinajstić information content (AvgIpc) is 2.09. The molecule has 3 heteroatoms. The molecule has 0 fully saturated rings. The number of hydrogen-bond donors (Lipinski definition) is 0. The van der Waals surface area contributed by atoms with Gasteiger partial charge in [0.05, 0.1) is 25.8 Å². The Morgan fingerprint density at radius 2 is 2.33 bits per heavy atom. The number of nitrogens with zero attached hydrogens (tertiary/aromatic N) is 2. The molecule has 0 saturated carbocycles. The molecule has 0 N–H and O–H groups in total. The summed E-state index contributed by atoms with van der Waals surface area (Å²) in [6, 6.07) is 2.08. The lowest BCUT2D eigenvalue weighted by Crippen LogP contribution is -1.94. The molecule has 0 aliphatic rings. The maximum Gasteiger partial charge on any atom is 0.140 e. The molecule has 1 heterocycles. The van der Waals surface area contributed by atoms with Gasteiger partial charge in [-0.15, -0.1) is 0 Å². The van der Waals surface area contributed by atoms with Crippen molar-refractivity contribution in [3.63, 3.8) is 0 Å². The molecular weight excluding hydrogens is 152 g/mol. The molecule has 0 atom stereocenters. The number of methoxy groups -OCH3 is 1. The number of aromatic nitrogens is 1. The Morgan fingerprint density at radius 3 is 2.92 bits per heavy atom. The summed E-state index contributed by atoms with van der Waals surface area (Å²) in [6.45, 7) is 1.92. The van der Waals surface area contributed by atoms with Gasteiger partial charge in [0.15, 0.2) is 0 Å². The Morgan fingerprint density at radius 1 is 1.58 bits per heavy atom. The van der Waals surface area contributed by atoms with E-state index in [0.717, 1.165) is 16.9 Å². The van der Waals surface area contributed by atoms with E-state index in [9.17, 15) is 0 Å². The summed E-state index contributed by atoms with van der Waals surface area (Å²) in [7, 11) is 1.60. The molecule has 0 saturated heterocycles. The van der Waals surface area contributed by atoms with Gasteiger partial charge in [-0.3, -0.25) is 4.98 Å². The van der Waals surface area contributed by atoms with Crippen LogP contribution in [-0.4, -0.2) is 12.1 Å². The lowest BCUT2D eigenvalue weighted by Gasteiger charge is -2.05. The van der Waals surface area contributed by atoms with E-state index in [-0.39, 0.29) is 0 Å². The topological polar surface area (TPSA) is 45.9 Å². The highest BCUT2D eigenvalue weighted by atomic mass is 16.5. The molecule has 0 aromatic carbocycles. The van der Waals surface area contributed by atoms with Crippen molar-refractivity contribution < 1.29 is 4.74 Å². The highest BCUT2D eigenvalue weighted by Crippen LogP contribution is 2.18. The second-order valence-corrected chi connectivity index (χ2v) is 2.46. The molecule has 0 amide bonds. The SMILES string of the molecule is COc1cncc(CC#N)c1C. The van der Waals surface area contributed by atoms with Crippen LogP contribution in [0.5, 0.6) is 5.75 Å². The minimum atomic E-state index is 0.385. The van der Waals surface area contributed by atoms with Crippen LogP contribution in [0.1, 0.15) is 11.1 Å². The summed E-state index contributed by atoms with van der Waals surface area (Å²) < 4.78 is 5.06. The summed E-state index contributed by atoms with van der Waals surface area (Å²) >= 11 is 0. The number of nitriles is 1. The first-order valence-electron chi connectivity index (χ1n) is 3.64. The summed E-state index contributed by atoms with van der Waals surface area (Å²) in [5.41, 5.74) is 1.92. The van der Waals surface area contributed by atoms with Crippen molar-refractivity contribution >= 4 is 0 Å². The van der Waals surface area contributed by atoms with Gasteiger partial charge in [-0.1, -0.05) is 0 Å². The van der Waals surface area contributed by atoms with Crippen LogP contribution < -0.4 is 4.74 Å². The van der Waals surface area contributed by atoms with Crippen molar-refractivity contribution in [1.29, 1.82) is 5.26 Å². The number of rotatable bonds is 2. The third-order valence-corrected chi connectivity index (χ3v) is 1.76. The van der Waals surface area contributed by atoms with Crippen molar-refractivity contribution in [2.75, 3.05) is 7.11 Å². The Hall–Kier alpha value is -1.56. The van der Waals surface area contributed by atoms with Crippen LogP contribution in [0.3, 0.4) is 0 Å². The van der Waals surface area contributed by atoms with Gasteiger partial charge in [-0.2, -0.15) is 5.26 Å². The van der Waals surface area contributed by atoms with Crippen molar-refractivity contribution in [3.05, 3.63) is 23.5 Å². The second-order valence-electron chi connectivity index (χ2n) is 2.46. The normalized spacial score (nSPS) is 9.08. The quantitative estimate of drug-likeness (QED) is 0.661. The molecule has 0 bridgehead atoms. The highest BCUT2D eigenvalue weighted by molar-refractivity contribution is 5.36. The molecule has 62 valence electrons. The second kappa shape index (κ2) is 3.72. The van der Waals surface area contributed by atoms with E-state index in [0.29, 0.717) is 6.42 Å². The van der Waals surface area contributed by atoms with Crippen LogP contribution in [0.2, 0.25) is 0 Å². The molecule has 0 radical (unpaired) electrons. The molecule has 0 aliphatic carbocycles. The minimum absolute atomic E-state index is 0.385. The minimum Gasteiger partial charge on any atom is -0.495 e. The maximum atomic E-state index is 8.49. The Kier molecular flexibility index (Phi) is 2.65. The summed E-state index contributed by atoms with van der Waals surface area (Å²) in [6.07, 6.45) is 3.73. The average molecular weight is 162 g/mol. The first-order valence-corrected chi connectivity index (χ1v) is 3.64. The fourth-order valence-electron chi connectivity index (χ4n) is 1.02. The fraction of sp³-hybridized carbons (Fsp3) is 0.333. The number of pyridine rings is 1. The van der Waals surface area contributed by atoms with E-state index in [1.54, 1.807) is 19.5 Å². The van der Waals surface area contributed by atoms with Crippen LogP contribution in [0.4, 0.5) is 0 Å². The van der Waals surface area contributed by atoms with Crippen molar-refractivity contribution in [3.8, 4) is 11.8 Å². The van der Waals surface area contributed by atoms with E-state index in [4.69, 9.17) is 10.00 Å². The van der Waals surface area contributed by atoms with Gasteiger partial charge in [-0.25, -0.2) is 0 Å². The Bertz CT molecular complexity index is 315. The lowest BCUT2D eigenvalue weighted by molar-refractivity contribution is 0.409. The molecule has 0 spiro atoms. The van der Waals surface area contributed by atoms with E-state index in [1.165, 1.54) is 0 Å². The molecule has 1 aromatic rings. The summed E-state index contributed by atoms with van der Waals surface area (Å²) in [4.78, 5) is 3.96. The van der Waals surface area contributed by atoms with Crippen LogP contribution in [0.25, 0.3) is 0 Å². The smallest absolute Gasteiger partial charge is 0.140 e. The van der Waals surface area contributed by atoms with Crippen LogP contribution >= 0.6 is 0 Å². The van der Waals surface area contributed by atoms with Crippen molar-refractivity contribution in [2.24, 2.45) is 0 Å². The third kappa shape index (κ3) is 1.54. The molecule has 1 aromatic heterocycles. The first-order chi connectivity index (χ1) is 5.79. The predicted molar refractivity (Wildman–Crippen MR) is 44.8 cm³/mol. The molecule has 0 unspecified atom stereocenters. The standard InChI is InChI=1S/C9H10N2O/c1-7-8(3-4-10)5-11-6-9(7)12-2/h5-6H,3H2,1-2H3. The van der Waals surface area contributed by atoms with Crippen LogP contribution in [0.15, 0.2) is 12.4 Å². The van der Waals surface area contributed by atoms with E-state index >= 15 is 0 Å². The molecule has 1 rings (SSSR count). The Labute approximate surface area is 71.6 Å². The summed E-state index contributed by atoms with van der Waals surface area (Å²) in [5.74, 6) is 0.739. The number of ether oxygens (including phenoxy) is 1. The van der Waals surface area contributed by atoms with E-state index < -0.39 is 0 Å². The van der Waals surface area contributed by atoms with Crippen molar-refractivity contribution in [1.82, 2.24) is 4.98 Å². The van der Waals surface area contributed by atoms with Gasteiger partial charge in [0, 0.05) is 6.20 Å². The van der Waals surface area contributed by atoms with Gasteiger partial charge in [0.25, 0.3) is 0 Å². The monoisotopic (exact) mass is 162 g/mol. The maximum absolute atomic E-state index is 8.49. The molecular formula is C9H10N2O. The van der Waals surface area contributed by atoms with Crippen LogP contribution in [-0.2, 0) is 6.42 Å². The third-order valence-electron chi connectivity index (χ3n) is 1.76. The van der Waals surface area contributed by atoms with Gasteiger partial charge in [0.2, 0.25) is 0 Å². The summed E-state index contributed by atoms with van der Waals surface area (Å²) in [5, 5.41) is 8.49. The highest BCUT2D eigenvalue weighted by Gasteiger charge is 2.03. The zero-order valence-corrected chi connectivity index (χ0v) is 7.16. The predicted octanol–water partition coefficient (Wildman–Crippen LogP) is 1.46.